The van der Waals surface area contributed by atoms with Crippen LogP contribution in [-0.4, -0.2) is 15.0 Å². The molecule has 0 aliphatic heterocycles. The molecule has 134 valence electrons. The Bertz CT molecular complexity index is 1130. The Hall–Kier alpha value is -2.03. The average Bonchev–Trinajstić information content (AvgIpc) is 2.69. The van der Waals surface area contributed by atoms with Gasteiger partial charge in [-0.3, -0.25) is 3.93 Å². The molecular weight excluding hydrogens is 538 g/mol. The maximum absolute atomic E-state index is 5.94. The van der Waals surface area contributed by atoms with Crippen molar-refractivity contribution in [2.45, 2.75) is 0 Å². The van der Waals surface area contributed by atoms with Gasteiger partial charge in [0.2, 0.25) is 5.95 Å². The summed E-state index contributed by atoms with van der Waals surface area (Å²) in [5.41, 5.74) is 9.60. The Labute approximate surface area is 181 Å². The topological polar surface area (TPSA) is 67.9 Å². The largest absolute Gasteiger partial charge is 0.368 e. The van der Waals surface area contributed by atoms with Crippen molar-refractivity contribution >= 4 is 76.4 Å². The molecule has 5 nitrogen and oxygen atoms in total. The molecule has 0 saturated carbocycles. The summed E-state index contributed by atoms with van der Waals surface area (Å²) in [4.78, 5) is 13.2. The van der Waals surface area contributed by atoms with Gasteiger partial charge in [-0.15, -0.1) is 0 Å². The smallest absolute Gasteiger partial charge is 0.222 e. The number of nitrogens with zero attached hydrogens (tertiary/aromatic N) is 4. The molecule has 0 aliphatic rings. The number of nitrogen functional groups attached to an aromatic ring is 1. The fourth-order valence-electron chi connectivity index (χ4n) is 2.75. The van der Waals surface area contributed by atoms with Crippen LogP contribution in [-0.2, 0) is 0 Å². The molecule has 0 unspecified atom stereocenters. The normalized spacial score (nSPS) is 10.9. The van der Waals surface area contributed by atoms with Crippen LogP contribution in [0, 0.1) is 0 Å². The van der Waals surface area contributed by atoms with Gasteiger partial charge in [-0.1, -0.05) is 24.3 Å². The van der Waals surface area contributed by atoms with Crippen LogP contribution in [0.2, 0.25) is 0 Å². The number of rotatable bonds is 3. The lowest BCUT2D eigenvalue weighted by atomic mass is 10.1. The first-order valence-corrected chi connectivity index (χ1v) is 10.2. The number of halogens is 3. The maximum atomic E-state index is 5.94. The Morgan fingerprint density at radius 3 is 2.48 bits per heavy atom. The fourth-order valence-corrected chi connectivity index (χ4v) is 4.04. The molecule has 2 heterocycles. The first-order valence-electron chi connectivity index (χ1n) is 7.92. The van der Waals surface area contributed by atoms with Gasteiger partial charge in [-0.2, -0.15) is 4.98 Å². The van der Waals surface area contributed by atoms with E-state index in [0.29, 0.717) is 5.82 Å². The Balaban J connectivity index is 1.92. The molecule has 0 atom stereocenters. The number of benzene rings is 2. The van der Waals surface area contributed by atoms with E-state index in [1.165, 1.54) is 0 Å². The third-order valence-electron chi connectivity index (χ3n) is 3.98. The number of nitrogens with two attached hydrogens (primary N) is 1. The first kappa shape index (κ1) is 18.3. The average molecular weight is 550 g/mol. The zero-order chi connectivity index (χ0) is 19.0. The van der Waals surface area contributed by atoms with E-state index in [2.05, 4.69) is 63.0 Å². The second-order valence-electron chi connectivity index (χ2n) is 5.75. The summed E-state index contributed by atoms with van der Waals surface area (Å²) in [6.45, 7) is 0. The summed E-state index contributed by atoms with van der Waals surface area (Å²) < 4.78 is 3.49. The Kier molecular flexibility index (Phi) is 5.12. The zero-order valence-corrected chi connectivity index (χ0v) is 18.5. The number of hydrogen-bond donors (Lipinski definition) is 1. The summed E-state index contributed by atoms with van der Waals surface area (Å²) in [6.07, 6.45) is 1.75. The summed E-state index contributed by atoms with van der Waals surface area (Å²) in [7, 11) is 0. The Morgan fingerprint density at radius 2 is 1.70 bits per heavy atom. The maximum Gasteiger partial charge on any atom is 0.222 e. The molecule has 0 radical (unpaired) electrons. The van der Waals surface area contributed by atoms with Gasteiger partial charge in [-0.25, -0.2) is 9.97 Å². The van der Waals surface area contributed by atoms with Gasteiger partial charge < -0.3 is 5.73 Å². The van der Waals surface area contributed by atoms with Gasteiger partial charge in [0, 0.05) is 21.6 Å². The number of para-hydroxylation sites is 1. The SMILES string of the molecule is Nc1nc(N(Br)c2ccccc2)c2cc(-c3cc(Br)cnc3Br)ccc2n1. The summed E-state index contributed by atoms with van der Waals surface area (Å²) in [6, 6.07) is 17.8. The monoisotopic (exact) mass is 547 g/mol. The summed E-state index contributed by atoms with van der Waals surface area (Å²) >= 11 is 10.6. The molecule has 8 heteroatoms. The van der Waals surface area contributed by atoms with Gasteiger partial charge in [0.15, 0.2) is 5.82 Å². The minimum atomic E-state index is 0.218. The van der Waals surface area contributed by atoms with Crippen LogP contribution in [0.25, 0.3) is 22.0 Å². The van der Waals surface area contributed by atoms with Crippen LogP contribution < -0.4 is 9.66 Å². The molecule has 4 aromatic rings. The lowest BCUT2D eigenvalue weighted by Gasteiger charge is -2.18. The second kappa shape index (κ2) is 7.53. The summed E-state index contributed by atoms with van der Waals surface area (Å²) in [5.74, 6) is 0.889. The molecule has 27 heavy (non-hydrogen) atoms. The first-order chi connectivity index (χ1) is 13.0. The molecule has 0 spiro atoms. The van der Waals surface area contributed by atoms with Crippen LogP contribution in [0.4, 0.5) is 17.5 Å². The molecular formula is C19H12Br3N5. The van der Waals surface area contributed by atoms with Gasteiger partial charge in [0.25, 0.3) is 0 Å². The Morgan fingerprint density at radius 1 is 0.926 bits per heavy atom. The number of fused-ring (bicyclic) bond motifs is 1. The van der Waals surface area contributed by atoms with Crippen LogP contribution in [0.3, 0.4) is 0 Å². The van der Waals surface area contributed by atoms with Crippen molar-refractivity contribution < 1.29 is 0 Å². The van der Waals surface area contributed by atoms with Crippen molar-refractivity contribution in [1.82, 2.24) is 15.0 Å². The van der Waals surface area contributed by atoms with E-state index < -0.39 is 0 Å². The van der Waals surface area contributed by atoms with E-state index in [0.717, 1.165) is 36.8 Å². The minimum absolute atomic E-state index is 0.218. The lowest BCUT2D eigenvalue weighted by Crippen LogP contribution is -2.07. The van der Waals surface area contributed by atoms with Crippen molar-refractivity contribution in [2.24, 2.45) is 0 Å². The van der Waals surface area contributed by atoms with Gasteiger partial charge in [-0.05, 0) is 67.8 Å². The molecule has 2 aromatic carbocycles. The molecule has 0 aliphatic carbocycles. The van der Waals surface area contributed by atoms with Crippen molar-refractivity contribution in [2.75, 3.05) is 9.66 Å². The van der Waals surface area contributed by atoms with E-state index in [9.17, 15) is 0 Å². The number of pyridine rings is 1. The standard InChI is InChI=1S/C19H12Br3N5/c20-12-9-14(17(21)24-10-12)11-6-7-16-15(8-11)18(26-19(23)25-16)27(22)13-4-2-1-3-5-13/h1-10H,(H2,23,25,26). The number of aromatic nitrogens is 3. The molecule has 0 saturated heterocycles. The van der Waals surface area contributed by atoms with Gasteiger partial charge >= 0.3 is 0 Å². The van der Waals surface area contributed by atoms with Crippen LogP contribution >= 0.6 is 48.0 Å². The number of hydrogen-bond acceptors (Lipinski definition) is 5. The van der Waals surface area contributed by atoms with Crippen LogP contribution in [0.15, 0.2) is 69.9 Å². The van der Waals surface area contributed by atoms with Crippen molar-refractivity contribution in [1.29, 1.82) is 0 Å². The predicted octanol–water partition coefficient (Wildman–Crippen LogP) is 6.25. The minimum Gasteiger partial charge on any atom is -0.368 e. The van der Waals surface area contributed by atoms with E-state index >= 15 is 0 Å². The highest BCUT2D eigenvalue weighted by molar-refractivity contribution is 9.11. The van der Waals surface area contributed by atoms with E-state index in [1.54, 1.807) is 6.20 Å². The molecule has 0 amide bonds. The fraction of sp³-hybridized carbons (Fsp3) is 0. The third kappa shape index (κ3) is 3.69. The number of anilines is 3. The molecule has 2 N–H and O–H groups in total. The molecule has 0 fully saturated rings. The quantitative estimate of drug-likeness (QED) is 0.242. The van der Waals surface area contributed by atoms with Crippen molar-refractivity contribution in [3.05, 3.63) is 69.9 Å². The van der Waals surface area contributed by atoms with Gasteiger partial charge in [0.05, 0.1) is 27.4 Å². The lowest BCUT2D eigenvalue weighted by molar-refractivity contribution is 1.21. The summed E-state index contributed by atoms with van der Waals surface area (Å²) in [5, 5.41) is 0.870. The van der Waals surface area contributed by atoms with E-state index in [1.807, 2.05) is 58.5 Å². The highest BCUT2D eigenvalue weighted by Crippen LogP contribution is 2.37. The van der Waals surface area contributed by atoms with Crippen molar-refractivity contribution in [3.8, 4) is 11.1 Å². The van der Waals surface area contributed by atoms with Crippen LogP contribution in [0.1, 0.15) is 0 Å². The highest BCUT2D eigenvalue weighted by Gasteiger charge is 2.15. The van der Waals surface area contributed by atoms with Crippen LogP contribution in [0.5, 0.6) is 0 Å². The molecule has 0 bridgehead atoms. The highest BCUT2D eigenvalue weighted by atomic mass is 79.9. The zero-order valence-electron chi connectivity index (χ0n) is 13.8. The predicted molar refractivity (Wildman–Crippen MR) is 120 cm³/mol. The molecule has 2 aromatic heterocycles. The second-order valence-corrected chi connectivity index (χ2v) is 8.12. The third-order valence-corrected chi connectivity index (χ3v) is 5.79. The van der Waals surface area contributed by atoms with E-state index in [-0.39, 0.29) is 5.95 Å². The van der Waals surface area contributed by atoms with Crippen molar-refractivity contribution in [3.63, 3.8) is 0 Å². The molecule has 4 rings (SSSR count). The van der Waals surface area contributed by atoms with E-state index in [4.69, 9.17) is 5.73 Å². The van der Waals surface area contributed by atoms with Gasteiger partial charge in [0.1, 0.15) is 4.60 Å².